The van der Waals surface area contributed by atoms with E-state index < -0.39 is 30.1 Å². The summed E-state index contributed by atoms with van der Waals surface area (Å²) in [5.41, 5.74) is 6.01. The first-order valence-electron chi connectivity index (χ1n) is 10.6. The molecular formula is C21H27F3N6O5S. The van der Waals surface area contributed by atoms with Crippen LogP contribution in [0.3, 0.4) is 0 Å². The minimum atomic E-state index is -5.08. The molecule has 7 N–H and O–H groups in total. The number of halogens is 3. The van der Waals surface area contributed by atoms with Crippen LogP contribution in [-0.2, 0) is 14.4 Å². The molecule has 2 aromatic rings. The molecule has 0 aliphatic heterocycles. The zero-order valence-corrected chi connectivity index (χ0v) is 20.3. The number of Topliss-reactive ketones (excluding diaryl/α,β-unsaturated/α-hetero) is 1. The predicted molar refractivity (Wildman–Crippen MR) is 127 cm³/mol. The lowest BCUT2D eigenvalue weighted by Crippen LogP contribution is -2.51. The first-order chi connectivity index (χ1) is 16.8. The third-order valence-corrected chi connectivity index (χ3v) is 5.52. The van der Waals surface area contributed by atoms with Crippen molar-refractivity contribution < 1.29 is 37.5 Å². The van der Waals surface area contributed by atoms with Gasteiger partial charge in [-0.25, -0.2) is 9.78 Å². The van der Waals surface area contributed by atoms with Gasteiger partial charge >= 0.3 is 12.1 Å². The molecule has 0 spiro atoms. The third kappa shape index (κ3) is 10.2. The monoisotopic (exact) mass is 532 g/mol. The van der Waals surface area contributed by atoms with E-state index in [1.807, 2.05) is 24.3 Å². The number of rotatable bonds is 10. The van der Waals surface area contributed by atoms with Gasteiger partial charge in [0, 0.05) is 13.5 Å². The molecule has 0 bridgehead atoms. The summed E-state index contributed by atoms with van der Waals surface area (Å²) in [5, 5.41) is 22.7. The highest BCUT2D eigenvalue weighted by Gasteiger charge is 2.38. The number of nitrogens with zero attached hydrogens (tertiary/aromatic N) is 1. The highest BCUT2D eigenvalue weighted by molar-refractivity contribution is 7.20. The van der Waals surface area contributed by atoms with Crippen LogP contribution >= 0.6 is 11.3 Å². The molecule has 11 nitrogen and oxygen atoms in total. The molecule has 0 saturated heterocycles. The molecule has 0 aliphatic rings. The quantitative estimate of drug-likeness (QED) is 0.116. The maximum atomic E-state index is 13.1. The number of thiazole rings is 1. The van der Waals surface area contributed by atoms with Crippen molar-refractivity contribution in [2.45, 2.75) is 51.4 Å². The van der Waals surface area contributed by atoms with Gasteiger partial charge in [-0.05, 0) is 31.4 Å². The number of benzene rings is 1. The fraction of sp³-hybridized carbons (Fsp3) is 0.429. The normalized spacial score (nSPS) is 12.5. The van der Waals surface area contributed by atoms with Crippen LogP contribution in [0.2, 0.25) is 0 Å². The minimum Gasteiger partial charge on any atom is -0.475 e. The summed E-state index contributed by atoms with van der Waals surface area (Å²) in [7, 11) is 0. The summed E-state index contributed by atoms with van der Waals surface area (Å²) in [5.74, 6) is -3.92. The molecule has 2 unspecified atom stereocenters. The molecule has 2 rings (SSSR count). The van der Waals surface area contributed by atoms with Crippen molar-refractivity contribution in [2.75, 3.05) is 6.54 Å². The van der Waals surface area contributed by atoms with Crippen LogP contribution in [0.5, 0.6) is 0 Å². The first kappa shape index (κ1) is 30.3. The van der Waals surface area contributed by atoms with Gasteiger partial charge in [0.2, 0.25) is 17.6 Å². The largest absolute Gasteiger partial charge is 0.490 e. The fourth-order valence-electron chi connectivity index (χ4n) is 2.80. The number of carboxylic acid groups (broad SMARTS) is 1. The predicted octanol–water partition coefficient (Wildman–Crippen LogP) is 1.78. The second kappa shape index (κ2) is 14.0. The lowest BCUT2D eigenvalue weighted by atomic mass is 10.1. The van der Waals surface area contributed by atoms with Crippen LogP contribution in [0.4, 0.5) is 13.2 Å². The van der Waals surface area contributed by atoms with Crippen molar-refractivity contribution >= 4 is 51.1 Å². The molecular weight excluding hydrogens is 505 g/mol. The Morgan fingerprint density at radius 3 is 2.28 bits per heavy atom. The Kier molecular flexibility index (Phi) is 11.7. The zero-order chi connectivity index (χ0) is 27.5. The lowest BCUT2D eigenvalue weighted by Gasteiger charge is -2.21. The van der Waals surface area contributed by atoms with E-state index >= 15 is 0 Å². The SMILES string of the molecule is CCC(NC(C)=O)C(=O)NC(CCCNC(=N)N)C(=O)c1nc2ccccc2s1.O=C(O)C(F)(F)F. The van der Waals surface area contributed by atoms with Crippen molar-refractivity contribution in [3.63, 3.8) is 0 Å². The number of carboxylic acids is 1. The van der Waals surface area contributed by atoms with Gasteiger partial charge in [0.15, 0.2) is 11.0 Å². The number of hydrogen-bond donors (Lipinski definition) is 6. The molecule has 1 heterocycles. The Hall–Kier alpha value is -3.75. The second-order valence-electron chi connectivity index (χ2n) is 7.36. The van der Waals surface area contributed by atoms with E-state index in [0.717, 1.165) is 10.2 Å². The first-order valence-corrected chi connectivity index (χ1v) is 11.4. The van der Waals surface area contributed by atoms with E-state index in [0.29, 0.717) is 30.8 Å². The Balaban J connectivity index is 0.000000809. The topological polar surface area (TPSA) is 187 Å². The number of carbonyl (C=O) groups excluding carboxylic acids is 3. The van der Waals surface area contributed by atoms with Crippen LogP contribution in [0, 0.1) is 5.41 Å². The van der Waals surface area contributed by atoms with Crippen molar-refractivity contribution in [3.05, 3.63) is 29.3 Å². The van der Waals surface area contributed by atoms with Gasteiger partial charge in [-0.1, -0.05) is 19.1 Å². The van der Waals surface area contributed by atoms with Crippen LogP contribution in [-0.4, -0.2) is 64.4 Å². The van der Waals surface area contributed by atoms with Gasteiger partial charge in [-0.2, -0.15) is 13.2 Å². The van der Waals surface area contributed by atoms with E-state index in [4.69, 9.17) is 21.0 Å². The van der Waals surface area contributed by atoms with E-state index in [2.05, 4.69) is 20.9 Å². The number of para-hydroxylation sites is 1. The van der Waals surface area contributed by atoms with Crippen LogP contribution < -0.4 is 21.7 Å². The molecule has 1 aromatic carbocycles. The number of alkyl halides is 3. The number of amides is 2. The van der Waals surface area contributed by atoms with Crippen LogP contribution in [0.25, 0.3) is 10.2 Å². The number of aliphatic carboxylic acids is 1. The van der Waals surface area contributed by atoms with Gasteiger partial charge in [0.1, 0.15) is 6.04 Å². The van der Waals surface area contributed by atoms with E-state index in [1.165, 1.54) is 18.3 Å². The summed E-state index contributed by atoms with van der Waals surface area (Å²) in [6, 6.07) is 5.94. The molecule has 198 valence electrons. The molecule has 0 saturated carbocycles. The molecule has 0 radical (unpaired) electrons. The molecule has 0 fully saturated rings. The van der Waals surface area contributed by atoms with Crippen LogP contribution in [0.15, 0.2) is 24.3 Å². The Bertz CT molecular complexity index is 1060. The molecule has 1 aromatic heterocycles. The number of nitrogens with two attached hydrogens (primary N) is 1. The minimum absolute atomic E-state index is 0.153. The maximum Gasteiger partial charge on any atom is 0.490 e. The van der Waals surface area contributed by atoms with Crippen molar-refractivity contribution in [1.82, 2.24) is 20.9 Å². The van der Waals surface area contributed by atoms with Gasteiger partial charge in [0.25, 0.3) is 0 Å². The highest BCUT2D eigenvalue weighted by Crippen LogP contribution is 2.23. The Morgan fingerprint density at radius 2 is 1.78 bits per heavy atom. The number of hydrogen-bond acceptors (Lipinski definition) is 7. The standard InChI is InChI=1S/C19H26N6O3S.C2HF3O2/c1-3-12(23-11(2)26)17(28)24-14(8-6-10-22-19(20)21)16(27)18-25-13-7-4-5-9-15(13)29-18;3-2(4,5)1(6)7/h4-5,7,9,12,14H,3,6,8,10H2,1-2H3,(H,23,26)(H,24,28)(H4,20,21,22);(H,6,7). The Labute approximate surface area is 208 Å². The average Bonchev–Trinajstić information content (AvgIpc) is 3.22. The van der Waals surface area contributed by atoms with Crippen molar-refractivity contribution in [2.24, 2.45) is 5.73 Å². The van der Waals surface area contributed by atoms with E-state index in [9.17, 15) is 27.6 Å². The summed E-state index contributed by atoms with van der Waals surface area (Å²) < 4.78 is 32.6. The number of guanidine groups is 1. The zero-order valence-electron chi connectivity index (χ0n) is 19.4. The second-order valence-corrected chi connectivity index (χ2v) is 8.39. The van der Waals surface area contributed by atoms with Gasteiger partial charge in [0.05, 0.1) is 16.3 Å². The van der Waals surface area contributed by atoms with E-state index in [-0.39, 0.29) is 17.6 Å². The van der Waals surface area contributed by atoms with Gasteiger partial charge in [-0.3, -0.25) is 19.8 Å². The summed E-state index contributed by atoms with van der Waals surface area (Å²) in [4.78, 5) is 50.3. The summed E-state index contributed by atoms with van der Waals surface area (Å²) in [6.07, 6.45) is -3.82. The number of ketones is 1. The fourth-order valence-corrected chi connectivity index (χ4v) is 3.76. The molecule has 15 heteroatoms. The number of aromatic nitrogens is 1. The third-order valence-electron chi connectivity index (χ3n) is 4.47. The smallest absolute Gasteiger partial charge is 0.475 e. The summed E-state index contributed by atoms with van der Waals surface area (Å²) in [6.45, 7) is 3.52. The van der Waals surface area contributed by atoms with Crippen molar-refractivity contribution in [3.8, 4) is 0 Å². The molecule has 2 amide bonds. The molecule has 0 aliphatic carbocycles. The number of fused-ring (bicyclic) bond motifs is 1. The van der Waals surface area contributed by atoms with E-state index in [1.54, 1.807) is 6.92 Å². The summed E-state index contributed by atoms with van der Waals surface area (Å²) >= 11 is 1.28. The van der Waals surface area contributed by atoms with Crippen LogP contribution in [0.1, 0.15) is 42.9 Å². The van der Waals surface area contributed by atoms with Crippen molar-refractivity contribution in [1.29, 1.82) is 5.41 Å². The number of carbonyl (C=O) groups is 4. The Morgan fingerprint density at radius 1 is 1.17 bits per heavy atom. The van der Waals surface area contributed by atoms with Gasteiger partial charge in [-0.15, -0.1) is 11.3 Å². The van der Waals surface area contributed by atoms with Gasteiger partial charge < -0.3 is 26.8 Å². The molecule has 36 heavy (non-hydrogen) atoms. The average molecular weight is 533 g/mol. The highest BCUT2D eigenvalue weighted by atomic mass is 32.1. The maximum absolute atomic E-state index is 13.1. The number of nitrogens with one attached hydrogen (secondary N) is 4. The molecule has 2 atom stereocenters. The lowest BCUT2D eigenvalue weighted by molar-refractivity contribution is -0.192.